The first-order chi connectivity index (χ1) is 15.1. The van der Waals surface area contributed by atoms with Crippen molar-refractivity contribution in [3.8, 4) is 0 Å². The lowest BCUT2D eigenvalue weighted by Crippen LogP contribution is -2.58. The molecule has 4 bridgehead atoms. The summed E-state index contributed by atoms with van der Waals surface area (Å²) in [7, 11) is 0. The molecule has 2 saturated heterocycles. The van der Waals surface area contributed by atoms with Crippen molar-refractivity contribution in [1.82, 2.24) is 14.9 Å². The zero-order valence-electron chi connectivity index (χ0n) is 19.1. The second-order valence-electron chi connectivity index (χ2n) is 11.2. The third-order valence-electron chi connectivity index (χ3n) is 8.85. The minimum atomic E-state index is -0.0157. The van der Waals surface area contributed by atoms with E-state index in [1.807, 2.05) is 0 Å². The van der Waals surface area contributed by atoms with Gasteiger partial charge in [0.2, 0.25) is 11.9 Å². The molecular formula is C25H37N5O. The Balaban J connectivity index is 1.13. The summed E-state index contributed by atoms with van der Waals surface area (Å²) in [5.74, 6) is 4.88. The van der Waals surface area contributed by atoms with E-state index in [2.05, 4.69) is 27.7 Å². The summed E-state index contributed by atoms with van der Waals surface area (Å²) in [5.41, 5.74) is 1.02. The van der Waals surface area contributed by atoms with Crippen LogP contribution in [0.1, 0.15) is 63.5 Å². The van der Waals surface area contributed by atoms with Crippen molar-refractivity contribution in [2.45, 2.75) is 64.7 Å². The first-order valence-corrected chi connectivity index (χ1v) is 12.7. The monoisotopic (exact) mass is 423 g/mol. The second-order valence-corrected chi connectivity index (χ2v) is 11.2. The number of anilines is 2. The average molecular weight is 424 g/mol. The van der Waals surface area contributed by atoms with Crippen molar-refractivity contribution in [2.24, 2.45) is 23.2 Å². The quantitative estimate of drug-likeness (QED) is 0.743. The predicted octanol–water partition coefficient (Wildman–Crippen LogP) is 3.64. The van der Waals surface area contributed by atoms with E-state index < -0.39 is 0 Å². The normalized spacial score (nSPS) is 35.0. The van der Waals surface area contributed by atoms with Crippen LogP contribution in [-0.2, 0) is 4.79 Å². The van der Waals surface area contributed by atoms with Gasteiger partial charge < -0.3 is 14.7 Å². The fraction of sp³-hybridized carbons (Fsp3) is 0.800. The Kier molecular flexibility index (Phi) is 4.87. The number of aromatic nitrogens is 2. The molecule has 0 unspecified atom stereocenters. The highest BCUT2D eigenvalue weighted by Gasteiger charge is 2.55. The Labute approximate surface area is 186 Å². The van der Waals surface area contributed by atoms with Crippen molar-refractivity contribution < 1.29 is 4.79 Å². The molecule has 2 aliphatic heterocycles. The summed E-state index contributed by atoms with van der Waals surface area (Å²) in [6, 6.07) is 2.13. The minimum Gasteiger partial charge on any atom is -0.356 e. The molecule has 31 heavy (non-hydrogen) atoms. The largest absolute Gasteiger partial charge is 0.356 e. The number of piperazine rings is 1. The number of carbonyl (C=O) groups is 1. The van der Waals surface area contributed by atoms with E-state index in [1.54, 1.807) is 0 Å². The summed E-state index contributed by atoms with van der Waals surface area (Å²) in [6.45, 7) is 7.60. The molecule has 4 saturated carbocycles. The van der Waals surface area contributed by atoms with Crippen LogP contribution < -0.4 is 9.80 Å². The molecule has 0 radical (unpaired) electrons. The van der Waals surface area contributed by atoms with Crippen LogP contribution in [0.3, 0.4) is 0 Å². The van der Waals surface area contributed by atoms with Crippen molar-refractivity contribution in [3.05, 3.63) is 11.8 Å². The van der Waals surface area contributed by atoms with E-state index in [0.717, 1.165) is 74.5 Å². The van der Waals surface area contributed by atoms with Crippen molar-refractivity contribution in [1.29, 1.82) is 0 Å². The van der Waals surface area contributed by atoms with Crippen molar-refractivity contribution in [3.63, 3.8) is 0 Å². The maximum absolute atomic E-state index is 13.7. The van der Waals surface area contributed by atoms with Gasteiger partial charge >= 0.3 is 0 Å². The van der Waals surface area contributed by atoms with Gasteiger partial charge in [0.05, 0.1) is 5.41 Å². The molecule has 6 nitrogen and oxygen atoms in total. The van der Waals surface area contributed by atoms with E-state index in [4.69, 9.17) is 9.97 Å². The van der Waals surface area contributed by atoms with E-state index >= 15 is 0 Å². The number of carbonyl (C=O) groups excluding carboxylic acids is 1. The number of hydrogen-bond donors (Lipinski definition) is 0. The molecule has 1 aromatic rings. The first kappa shape index (κ1) is 19.8. The van der Waals surface area contributed by atoms with E-state index in [-0.39, 0.29) is 5.41 Å². The number of rotatable bonds is 3. The summed E-state index contributed by atoms with van der Waals surface area (Å²) in [6.07, 6.45) is 11.5. The summed E-state index contributed by atoms with van der Waals surface area (Å²) >= 11 is 0. The Morgan fingerprint density at radius 3 is 2.06 bits per heavy atom. The van der Waals surface area contributed by atoms with Crippen LogP contribution in [-0.4, -0.2) is 60.0 Å². The highest BCUT2D eigenvalue weighted by atomic mass is 16.2. The second kappa shape index (κ2) is 7.63. The molecule has 0 atom stereocenters. The molecular weight excluding hydrogens is 386 g/mol. The molecule has 6 aliphatic rings. The topological polar surface area (TPSA) is 52.6 Å². The maximum atomic E-state index is 13.7. The van der Waals surface area contributed by atoms with Crippen LogP contribution in [0.2, 0.25) is 0 Å². The van der Waals surface area contributed by atoms with E-state index in [9.17, 15) is 4.79 Å². The zero-order valence-corrected chi connectivity index (χ0v) is 19.1. The fourth-order valence-electron chi connectivity index (χ4n) is 7.78. The first-order valence-electron chi connectivity index (χ1n) is 12.7. The molecule has 3 heterocycles. The van der Waals surface area contributed by atoms with Crippen LogP contribution in [0.4, 0.5) is 11.8 Å². The third-order valence-corrected chi connectivity index (χ3v) is 8.85. The third kappa shape index (κ3) is 3.60. The van der Waals surface area contributed by atoms with Gasteiger partial charge in [-0.05, 0) is 82.5 Å². The molecule has 168 valence electrons. The van der Waals surface area contributed by atoms with Crippen molar-refractivity contribution >= 4 is 17.7 Å². The smallest absolute Gasteiger partial charge is 0.228 e. The van der Waals surface area contributed by atoms with Gasteiger partial charge in [0, 0.05) is 51.0 Å². The van der Waals surface area contributed by atoms with E-state index in [0.29, 0.717) is 5.91 Å². The molecule has 0 N–H and O–H groups in total. The summed E-state index contributed by atoms with van der Waals surface area (Å²) < 4.78 is 0. The highest BCUT2D eigenvalue weighted by molar-refractivity contribution is 5.83. The number of amides is 1. The molecule has 6 fully saturated rings. The van der Waals surface area contributed by atoms with Crippen LogP contribution in [0.25, 0.3) is 0 Å². The van der Waals surface area contributed by atoms with Crippen LogP contribution in [0.5, 0.6) is 0 Å². The average Bonchev–Trinajstić information content (AvgIpc) is 2.78. The number of aryl methyl sites for hydroxylation is 1. The van der Waals surface area contributed by atoms with Gasteiger partial charge in [0.25, 0.3) is 0 Å². The molecule has 1 aromatic heterocycles. The Hall–Kier alpha value is -1.85. The summed E-state index contributed by atoms with van der Waals surface area (Å²) in [5, 5.41) is 0. The standard InChI is InChI=1S/C25H37N5O/c1-18-11-22(28-5-3-2-4-6-28)27-24(26-18)30-9-7-29(8-10-30)23(31)25-15-19-12-20(16-25)14-21(13-19)17-25/h11,19-21H,2-10,12-17H2,1H3. The fourth-order valence-corrected chi connectivity index (χ4v) is 7.78. The van der Waals surface area contributed by atoms with Gasteiger partial charge in [0.15, 0.2) is 0 Å². The van der Waals surface area contributed by atoms with Gasteiger partial charge in [-0.25, -0.2) is 4.98 Å². The molecule has 7 rings (SSSR count). The van der Waals surface area contributed by atoms with Gasteiger partial charge in [-0.1, -0.05) is 0 Å². The van der Waals surface area contributed by atoms with Crippen LogP contribution in [0.15, 0.2) is 6.07 Å². The molecule has 0 spiro atoms. The van der Waals surface area contributed by atoms with Gasteiger partial charge in [-0.15, -0.1) is 0 Å². The summed E-state index contributed by atoms with van der Waals surface area (Å²) in [4.78, 5) is 30.3. The Morgan fingerprint density at radius 2 is 1.45 bits per heavy atom. The minimum absolute atomic E-state index is 0.0157. The number of hydrogen-bond acceptors (Lipinski definition) is 5. The van der Waals surface area contributed by atoms with Crippen LogP contribution in [0, 0.1) is 30.1 Å². The zero-order chi connectivity index (χ0) is 21.0. The molecule has 6 heteroatoms. The number of piperidine rings is 1. The lowest BCUT2D eigenvalue weighted by Gasteiger charge is -2.57. The maximum Gasteiger partial charge on any atom is 0.228 e. The number of nitrogens with zero attached hydrogens (tertiary/aromatic N) is 5. The highest BCUT2D eigenvalue weighted by Crippen LogP contribution is 2.60. The van der Waals surface area contributed by atoms with Gasteiger partial charge in [-0.2, -0.15) is 4.98 Å². The lowest BCUT2D eigenvalue weighted by atomic mass is 9.49. The Bertz CT molecular complexity index is 805. The van der Waals surface area contributed by atoms with Gasteiger partial charge in [-0.3, -0.25) is 4.79 Å². The lowest BCUT2D eigenvalue weighted by molar-refractivity contribution is -0.158. The molecule has 1 amide bonds. The molecule has 0 aromatic carbocycles. The van der Waals surface area contributed by atoms with Crippen LogP contribution >= 0.6 is 0 Å². The predicted molar refractivity (Wildman–Crippen MR) is 122 cm³/mol. The SMILES string of the molecule is Cc1cc(N2CCCCC2)nc(N2CCN(C(=O)C34CC5CC(CC(C5)C3)C4)CC2)n1. The molecule has 4 aliphatic carbocycles. The van der Waals surface area contributed by atoms with Gasteiger partial charge in [0.1, 0.15) is 5.82 Å². The Morgan fingerprint density at radius 1 is 0.839 bits per heavy atom. The van der Waals surface area contributed by atoms with E-state index in [1.165, 1.54) is 57.8 Å². The van der Waals surface area contributed by atoms with Crippen molar-refractivity contribution in [2.75, 3.05) is 49.1 Å².